The van der Waals surface area contributed by atoms with Crippen molar-refractivity contribution in [1.82, 2.24) is 0 Å². The standard InChI is InChI=1S/C23H22F2/c1-2-3-4-9-17-10-7-11-18(16-17)19-12-5-6-13-20(19)21-14-8-15-22(24)23(21)25/h5-8,10-16H,2-4,9H2,1H3. The highest BCUT2D eigenvalue weighted by Crippen LogP contribution is 2.34. The molecule has 0 saturated heterocycles. The number of hydrogen-bond acceptors (Lipinski definition) is 0. The molecule has 25 heavy (non-hydrogen) atoms. The Kier molecular flexibility index (Phi) is 5.60. The summed E-state index contributed by atoms with van der Waals surface area (Å²) >= 11 is 0. The van der Waals surface area contributed by atoms with Crippen molar-refractivity contribution >= 4 is 0 Å². The van der Waals surface area contributed by atoms with E-state index >= 15 is 0 Å². The molecule has 0 aliphatic heterocycles. The molecule has 0 unspecified atom stereocenters. The lowest BCUT2D eigenvalue weighted by atomic mass is 9.92. The van der Waals surface area contributed by atoms with Crippen LogP contribution in [0.3, 0.4) is 0 Å². The highest BCUT2D eigenvalue weighted by molar-refractivity contribution is 5.83. The van der Waals surface area contributed by atoms with Gasteiger partial charge in [0.15, 0.2) is 11.6 Å². The summed E-state index contributed by atoms with van der Waals surface area (Å²) in [4.78, 5) is 0. The number of hydrogen-bond donors (Lipinski definition) is 0. The molecule has 0 aliphatic rings. The Bertz CT molecular complexity index is 852. The first-order valence-corrected chi connectivity index (χ1v) is 8.83. The van der Waals surface area contributed by atoms with Crippen LogP contribution >= 0.6 is 0 Å². The summed E-state index contributed by atoms with van der Waals surface area (Å²) in [5.41, 5.74) is 4.25. The van der Waals surface area contributed by atoms with Crippen LogP contribution in [0.15, 0.2) is 66.7 Å². The molecule has 3 aromatic rings. The Morgan fingerprint density at radius 2 is 1.44 bits per heavy atom. The van der Waals surface area contributed by atoms with Crippen molar-refractivity contribution in [2.45, 2.75) is 32.6 Å². The highest BCUT2D eigenvalue weighted by Gasteiger charge is 2.14. The maximum Gasteiger partial charge on any atom is 0.166 e. The van der Waals surface area contributed by atoms with Gasteiger partial charge in [0.25, 0.3) is 0 Å². The zero-order valence-electron chi connectivity index (χ0n) is 14.4. The molecule has 0 atom stereocenters. The van der Waals surface area contributed by atoms with Crippen molar-refractivity contribution in [1.29, 1.82) is 0 Å². The SMILES string of the molecule is CCCCCc1cccc(-c2ccccc2-c2cccc(F)c2F)c1. The Labute approximate surface area is 148 Å². The zero-order valence-corrected chi connectivity index (χ0v) is 14.4. The first-order valence-electron chi connectivity index (χ1n) is 8.83. The van der Waals surface area contributed by atoms with E-state index in [4.69, 9.17) is 0 Å². The van der Waals surface area contributed by atoms with Gasteiger partial charge in [-0.3, -0.25) is 0 Å². The molecular weight excluding hydrogens is 314 g/mol. The van der Waals surface area contributed by atoms with Gasteiger partial charge in [-0.1, -0.05) is 80.4 Å². The average Bonchev–Trinajstić information content (AvgIpc) is 2.65. The molecular formula is C23H22F2. The van der Waals surface area contributed by atoms with Crippen molar-refractivity contribution in [3.8, 4) is 22.3 Å². The van der Waals surface area contributed by atoms with Gasteiger partial charge in [0.2, 0.25) is 0 Å². The fourth-order valence-electron chi connectivity index (χ4n) is 3.16. The molecule has 3 rings (SSSR count). The fraction of sp³-hybridized carbons (Fsp3) is 0.217. The van der Waals surface area contributed by atoms with Gasteiger partial charge in [-0.25, -0.2) is 8.78 Å². The molecule has 2 heteroatoms. The lowest BCUT2D eigenvalue weighted by molar-refractivity contribution is 0.511. The monoisotopic (exact) mass is 336 g/mol. The molecule has 0 amide bonds. The van der Waals surface area contributed by atoms with Gasteiger partial charge in [0, 0.05) is 5.56 Å². The molecule has 0 spiro atoms. The Hall–Kier alpha value is -2.48. The maximum atomic E-state index is 14.3. The summed E-state index contributed by atoms with van der Waals surface area (Å²) < 4.78 is 28.0. The predicted octanol–water partition coefficient (Wildman–Crippen LogP) is 7.03. The van der Waals surface area contributed by atoms with Gasteiger partial charge in [-0.2, -0.15) is 0 Å². The van der Waals surface area contributed by atoms with Gasteiger partial charge in [-0.05, 0) is 41.2 Å². The van der Waals surface area contributed by atoms with Gasteiger partial charge in [0.05, 0.1) is 0 Å². The van der Waals surface area contributed by atoms with Crippen LogP contribution in [0.1, 0.15) is 31.7 Å². The van der Waals surface area contributed by atoms with Crippen molar-refractivity contribution in [3.05, 3.63) is 83.9 Å². The van der Waals surface area contributed by atoms with E-state index in [1.54, 1.807) is 12.1 Å². The molecule has 0 fully saturated rings. The predicted molar refractivity (Wildman–Crippen MR) is 100 cm³/mol. The van der Waals surface area contributed by atoms with Crippen LogP contribution in [0.4, 0.5) is 8.78 Å². The van der Waals surface area contributed by atoms with Crippen LogP contribution in [0.2, 0.25) is 0 Å². The molecule has 128 valence electrons. The summed E-state index contributed by atoms with van der Waals surface area (Å²) in [6, 6.07) is 20.3. The molecule has 0 radical (unpaired) electrons. The maximum absolute atomic E-state index is 14.3. The van der Waals surface area contributed by atoms with Crippen LogP contribution in [0, 0.1) is 11.6 Å². The molecule has 0 nitrogen and oxygen atoms in total. The van der Waals surface area contributed by atoms with Gasteiger partial charge in [-0.15, -0.1) is 0 Å². The summed E-state index contributed by atoms with van der Waals surface area (Å²) in [5, 5.41) is 0. The lowest BCUT2D eigenvalue weighted by Gasteiger charge is -2.12. The number of unbranched alkanes of at least 4 members (excludes halogenated alkanes) is 2. The van der Waals surface area contributed by atoms with Crippen LogP contribution in [-0.4, -0.2) is 0 Å². The Morgan fingerprint density at radius 1 is 0.720 bits per heavy atom. The van der Waals surface area contributed by atoms with Crippen LogP contribution in [0.5, 0.6) is 0 Å². The van der Waals surface area contributed by atoms with Crippen LogP contribution < -0.4 is 0 Å². The molecule has 0 aliphatic carbocycles. The van der Waals surface area contributed by atoms with Crippen molar-refractivity contribution in [2.75, 3.05) is 0 Å². The Morgan fingerprint density at radius 3 is 2.24 bits per heavy atom. The number of aryl methyl sites for hydroxylation is 1. The third-order valence-electron chi connectivity index (χ3n) is 4.48. The smallest absolute Gasteiger partial charge is 0.166 e. The van der Waals surface area contributed by atoms with E-state index in [9.17, 15) is 8.78 Å². The van der Waals surface area contributed by atoms with Crippen molar-refractivity contribution in [3.63, 3.8) is 0 Å². The van der Waals surface area contributed by atoms with Crippen LogP contribution in [0.25, 0.3) is 22.3 Å². The number of halogens is 2. The highest BCUT2D eigenvalue weighted by atomic mass is 19.2. The largest absolute Gasteiger partial charge is 0.204 e. The minimum atomic E-state index is -0.819. The van der Waals surface area contributed by atoms with Gasteiger partial charge < -0.3 is 0 Å². The van der Waals surface area contributed by atoms with Crippen molar-refractivity contribution in [2.24, 2.45) is 0 Å². The number of rotatable bonds is 6. The first-order chi connectivity index (χ1) is 12.2. The van der Waals surface area contributed by atoms with Crippen molar-refractivity contribution < 1.29 is 8.78 Å². The lowest BCUT2D eigenvalue weighted by Crippen LogP contribution is -1.92. The van der Waals surface area contributed by atoms with E-state index in [1.807, 2.05) is 36.4 Å². The van der Waals surface area contributed by atoms with E-state index in [0.29, 0.717) is 11.1 Å². The summed E-state index contributed by atoms with van der Waals surface area (Å²) in [7, 11) is 0. The van der Waals surface area contributed by atoms with E-state index in [0.717, 1.165) is 23.6 Å². The molecule has 3 aromatic carbocycles. The quantitative estimate of drug-likeness (QED) is 0.424. The molecule has 0 aromatic heterocycles. The van der Waals surface area contributed by atoms with E-state index in [1.165, 1.54) is 24.8 Å². The topological polar surface area (TPSA) is 0 Å². The fourth-order valence-corrected chi connectivity index (χ4v) is 3.16. The third kappa shape index (κ3) is 3.96. The molecule has 0 N–H and O–H groups in total. The van der Waals surface area contributed by atoms with Crippen LogP contribution in [-0.2, 0) is 6.42 Å². The normalized spacial score (nSPS) is 10.8. The summed E-state index contributed by atoms with van der Waals surface area (Å²) in [6.45, 7) is 2.19. The second-order valence-electron chi connectivity index (χ2n) is 6.30. The summed E-state index contributed by atoms with van der Waals surface area (Å²) in [6.07, 6.45) is 4.62. The molecule has 0 heterocycles. The van der Waals surface area contributed by atoms with E-state index < -0.39 is 11.6 Å². The summed E-state index contributed by atoms with van der Waals surface area (Å²) in [5.74, 6) is -1.62. The van der Waals surface area contributed by atoms with E-state index in [2.05, 4.69) is 19.1 Å². The molecule has 0 bridgehead atoms. The Balaban J connectivity index is 2.02. The minimum Gasteiger partial charge on any atom is -0.204 e. The first kappa shape index (κ1) is 17.3. The third-order valence-corrected chi connectivity index (χ3v) is 4.48. The van der Waals surface area contributed by atoms with Gasteiger partial charge >= 0.3 is 0 Å². The number of benzene rings is 3. The van der Waals surface area contributed by atoms with E-state index in [-0.39, 0.29) is 0 Å². The van der Waals surface area contributed by atoms with Gasteiger partial charge in [0.1, 0.15) is 0 Å². The average molecular weight is 336 g/mol. The zero-order chi connectivity index (χ0) is 17.6. The second-order valence-corrected chi connectivity index (χ2v) is 6.30. The molecule has 0 saturated carbocycles. The second kappa shape index (κ2) is 8.06. The minimum absolute atomic E-state index is 0.298.